The molecule has 0 fully saturated rings. The molecule has 1 heterocycles. The molecule has 2 atom stereocenters. The fraction of sp³-hybridized carbons (Fsp3) is 0.593. The molecule has 2 N–H and O–H groups in total. The zero-order chi connectivity index (χ0) is 23.0. The van der Waals surface area contributed by atoms with Gasteiger partial charge >= 0.3 is 0 Å². The minimum Gasteiger partial charge on any atom is -0.507 e. The zero-order valence-electron chi connectivity index (χ0n) is 20.0. The summed E-state index contributed by atoms with van der Waals surface area (Å²) in [5.74, 6) is 0.263. The van der Waals surface area contributed by atoms with Crippen LogP contribution < -0.4 is 4.74 Å². The van der Waals surface area contributed by atoms with Crippen LogP contribution in [0.2, 0.25) is 0 Å². The SMILES string of the molecule is CCCC(=O)c1c(O)c(C)c2c(c1O)C[C@H]1CC/C(C)=C/CC(C)(C)/C=C/C[C@]1(C)O2. The van der Waals surface area contributed by atoms with Crippen LogP contribution in [0.4, 0.5) is 0 Å². The second-order valence-corrected chi connectivity index (χ2v) is 10.4. The van der Waals surface area contributed by atoms with Crippen molar-refractivity contribution in [3.8, 4) is 17.2 Å². The number of hydrogen-bond acceptors (Lipinski definition) is 4. The van der Waals surface area contributed by atoms with E-state index in [4.69, 9.17) is 4.74 Å². The molecule has 0 bridgehead atoms. The summed E-state index contributed by atoms with van der Waals surface area (Å²) < 4.78 is 6.58. The number of phenolic OH excluding ortho intramolecular Hbond substituents is 2. The van der Waals surface area contributed by atoms with E-state index in [0.29, 0.717) is 36.1 Å². The Morgan fingerprint density at radius 1 is 1.16 bits per heavy atom. The molecule has 3 rings (SSSR count). The Bertz CT molecular complexity index is 922. The van der Waals surface area contributed by atoms with Crippen molar-refractivity contribution in [1.29, 1.82) is 0 Å². The third kappa shape index (κ3) is 4.68. The maximum Gasteiger partial charge on any atom is 0.170 e. The topological polar surface area (TPSA) is 66.8 Å². The van der Waals surface area contributed by atoms with Crippen LogP contribution in [-0.4, -0.2) is 21.6 Å². The minimum absolute atomic E-state index is 0.0553. The van der Waals surface area contributed by atoms with Crippen molar-refractivity contribution in [3.05, 3.63) is 40.5 Å². The Morgan fingerprint density at radius 3 is 2.55 bits per heavy atom. The monoisotopic (exact) mass is 426 g/mol. The van der Waals surface area contributed by atoms with E-state index >= 15 is 0 Å². The van der Waals surface area contributed by atoms with E-state index in [1.807, 2.05) is 6.92 Å². The zero-order valence-corrected chi connectivity index (χ0v) is 20.0. The molecule has 4 nitrogen and oxygen atoms in total. The number of allylic oxidation sites excluding steroid dienone is 3. The van der Waals surface area contributed by atoms with Gasteiger partial charge in [0.25, 0.3) is 0 Å². The summed E-state index contributed by atoms with van der Waals surface area (Å²) in [5.41, 5.74) is 2.29. The van der Waals surface area contributed by atoms with Crippen LogP contribution in [0, 0.1) is 18.3 Å². The highest BCUT2D eigenvalue weighted by Gasteiger charge is 2.43. The van der Waals surface area contributed by atoms with Gasteiger partial charge in [0.2, 0.25) is 0 Å². The van der Waals surface area contributed by atoms with Gasteiger partial charge < -0.3 is 14.9 Å². The van der Waals surface area contributed by atoms with Crippen LogP contribution in [0.3, 0.4) is 0 Å². The lowest BCUT2D eigenvalue weighted by atomic mass is 9.75. The van der Waals surface area contributed by atoms with E-state index in [-0.39, 0.29) is 34.2 Å². The lowest BCUT2D eigenvalue weighted by molar-refractivity contribution is 0.00644. The fourth-order valence-electron chi connectivity index (χ4n) is 4.85. The van der Waals surface area contributed by atoms with Crippen LogP contribution in [0.15, 0.2) is 23.8 Å². The van der Waals surface area contributed by atoms with Gasteiger partial charge in [-0.2, -0.15) is 0 Å². The highest BCUT2D eigenvalue weighted by Crippen LogP contribution is 2.51. The summed E-state index contributed by atoms with van der Waals surface area (Å²) in [5, 5.41) is 21.8. The van der Waals surface area contributed by atoms with E-state index < -0.39 is 5.60 Å². The van der Waals surface area contributed by atoms with E-state index in [0.717, 1.165) is 25.7 Å². The number of benzene rings is 1. The Hall–Kier alpha value is -2.23. The number of fused-ring (bicyclic) bond motifs is 2. The van der Waals surface area contributed by atoms with Crippen LogP contribution in [0.25, 0.3) is 0 Å². The first-order valence-corrected chi connectivity index (χ1v) is 11.6. The summed E-state index contributed by atoms with van der Waals surface area (Å²) in [7, 11) is 0. The Morgan fingerprint density at radius 2 is 1.87 bits per heavy atom. The van der Waals surface area contributed by atoms with Gasteiger partial charge in [-0.25, -0.2) is 0 Å². The number of aromatic hydroxyl groups is 2. The third-order valence-corrected chi connectivity index (χ3v) is 7.09. The standard InChI is InChI=1S/C27H38O4/c1-7-9-21(28)22-23(29)18(3)25-20(24(22)30)16-19-11-10-17(2)12-15-26(4,5)13-8-14-27(19,6)31-25/h8,12-13,19,29-30H,7,9-11,14-16H2,1-6H3/b13-8+,17-12+/t19-,27+/m1/s1. The number of ketones is 1. The molecule has 1 aliphatic heterocycles. The van der Waals surface area contributed by atoms with Crippen molar-refractivity contribution in [3.63, 3.8) is 0 Å². The molecule has 0 radical (unpaired) electrons. The molecular weight excluding hydrogens is 388 g/mol. The van der Waals surface area contributed by atoms with Crippen LogP contribution in [0.5, 0.6) is 17.2 Å². The largest absolute Gasteiger partial charge is 0.507 e. The van der Waals surface area contributed by atoms with Gasteiger partial charge in [0, 0.05) is 29.9 Å². The third-order valence-electron chi connectivity index (χ3n) is 7.09. The minimum atomic E-state index is -0.442. The Kier molecular flexibility index (Phi) is 6.59. The van der Waals surface area contributed by atoms with Gasteiger partial charge in [-0.15, -0.1) is 0 Å². The maximum absolute atomic E-state index is 12.6. The molecule has 1 aromatic carbocycles. The molecule has 1 aromatic rings. The molecule has 170 valence electrons. The first-order chi connectivity index (χ1) is 14.5. The fourth-order valence-corrected chi connectivity index (χ4v) is 4.85. The first kappa shape index (κ1) is 23.4. The summed E-state index contributed by atoms with van der Waals surface area (Å²) >= 11 is 0. The average Bonchev–Trinajstić information content (AvgIpc) is 2.71. The van der Waals surface area contributed by atoms with Gasteiger partial charge in [-0.3, -0.25) is 4.79 Å². The van der Waals surface area contributed by atoms with Crippen molar-refractivity contribution in [2.24, 2.45) is 11.3 Å². The number of rotatable bonds is 3. The van der Waals surface area contributed by atoms with Crippen molar-refractivity contribution >= 4 is 5.78 Å². The number of carbonyl (C=O) groups is 1. The summed E-state index contributed by atoms with van der Waals surface area (Å²) in [6, 6.07) is 0. The van der Waals surface area contributed by atoms with E-state index in [1.54, 1.807) is 6.92 Å². The Balaban J connectivity index is 2.08. The lowest BCUT2D eigenvalue weighted by Gasteiger charge is -2.43. The molecule has 2 aliphatic rings. The van der Waals surface area contributed by atoms with Gasteiger partial charge in [-0.1, -0.05) is 44.6 Å². The molecular formula is C27H38O4. The predicted octanol–water partition coefficient (Wildman–Crippen LogP) is 6.80. The van der Waals surface area contributed by atoms with Crippen LogP contribution >= 0.6 is 0 Å². The Labute approximate surface area is 187 Å². The van der Waals surface area contributed by atoms with Gasteiger partial charge in [0.05, 0.1) is 0 Å². The molecule has 0 unspecified atom stereocenters. The number of hydrogen-bond donors (Lipinski definition) is 2. The van der Waals surface area contributed by atoms with Gasteiger partial charge in [-0.05, 0) is 58.3 Å². The molecule has 31 heavy (non-hydrogen) atoms. The number of ether oxygens (including phenoxy) is 1. The second kappa shape index (κ2) is 8.72. The highest BCUT2D eigenvalue weighted by atomic mass is 16.5. The summed E-state index contributed by atoms with van der Waals surface area (Å²) in [6.45, 7) is 12.5. The average molecular weight is 427 g/mol. The van der Waals surface area contributed by atoms with E-state index in [1.165, 1.54) is 5.57 Å². The van der Waals surface area contributed by atoms with Crippen molar-refractivity contribution in [1.82, 2.24) is 0 Å². The molecule has 0 saturated carbocycles. The summed E-state index contributed by atoms with van der Waals surface area (Å²) in [6.07, 6.45) is 12.1. The predicted molar refractivity (Wildman–Crippen MR) is 125 cm³/mol. The molecule has 0 spiro atoms. The number of carbonyl (C=O) groups excluding carboxylic acids is 1. The van der Waals surface area contributed by atoms with Crippen molar-refractivity contribution in [2.45, 2.75) is 92.1 Å². The molecule has 1 aliphatic carbocycles. The quantitative estimate of drug-likeness (QED) is 0.412. The van der Waals surface area contributed by atoms with E-state index in [2.05, 4.69) is 45.9 Å². The van der Waals surface area contributed by atoms with Gasteiger partial charge in [0.15, 0.2) is 5.78 Å². The van der Waals surface area contributed by atoms with Crippen LogP contribution in [-0.2, 0) is 6.42 Å². The molecule has 0 aromatic heterocycles. The molecule has 0 saturated heterocycles. The first-order valence-electron chi connectivity index (χ1n) is 11.6. The summed E-state index contributed by atoms with van der Waals surface area (Å²) in [4.78, 5) is 12.6. The second-order valence-electron chi connectivity index (χ2n) is 10.4. The highest BCUT2D eigenvalue weighted by molar-refractivity contribution is 6.02. The van der Waals surface area contributed by atoms with Crippen LogP contribution in [0.1, 0.15) is 94.6 Å². The number of Topliss-reactive ketones (excluding diaryl/α,β-unsaturated/α-hetero) is 1. The molecule has 4 heteroatoms. The maximum atomic E-state index is 12.6. The lowest BCUT2D eigenvalue weighted by Crippen LogP contribution is -2.45. The normalized spacial score (nSPS) is 28.2. The smallest absolute Gasteiger partial charge is 0.170 e. The van der Waals surface area contributed by atoms with Gasteiger partial charge in [0.1, 0.15) is 28.4 Å². The van der Waals surface area contributed by atoms with E-state index in [9.17, 15) is 15.0 Å². The van der Waals surface area contributed by atoms with Crippen molar-refractivity contribution in [2.75, 3.05) is 0 Å². The molecule has 0 amide bonds. The number of phenols is 2. The van der Waals surface area contributed by atoms with Crippen molar-refractivity contribution < 1.29 is 19.7 Å².